The molecule has 2 rings (SSSR count). The van der Waals surface area contributed by atoms with E-state index in [4.69, 9.17) is 4.52 Å². The van der Waals surface area contributed by atoms with Crippen LogP contribution in [0.1, 0.15) is 27.4 Å². The molecular formula is C11H10F3N3O2. The molecule has 0 atom stereocenters. The third-order valence-corrected chi connectivity index (χ3v) is 2.65. The molecule has 0 aliphatic carbocycles. The van der Waals surface area contributed by atoms with Crippen molar-refractivity contribution in [1.82, 2.24) is 14.9 Å². The Labute approximate surface area is 106 Å². The first-order valence-electron chi connectivity index (χ1n) is 5.34. The fraction of sp³-hybridized carbons (Fsp3) is 0.364. The molecular weight excluding hydrogens is 263 g/mol. The number of carbonyl (C=O) groups excluding carboxylic acids is 1. The maximum absolute atomic E-state index is 12.2. The average Bonchev–Trinajstić information content (AvgIpc) is 2.89. The van der Waals surface area contributed by atoms with Crippen molar-refractivity contribution in [3.63, 3.8) is 0 Å². The molecule has 0 radical (unpaired) electrons. The van der Waals surface area contributed by atoms with E-state index < -0.39 is 17.5 Å². The highest BCUT2D eigenvalue weighted by Gasteiger charge is 2.40. The average molecular weight is 273 g/mol. The number of carbonyl (C=O) groups is 1. The van der Waals surface area contributed by atoms with Crippen molar-refractivity contribution in [1.29, 1.82) is 0 Å². The SMILES string of the molecule is Cc1noc(C)c1Cn1cc(C(=O)C(F)(F)F)cn1. The smallest absolute Gasteiger partial charge is 0.361 e. The minimum absolute atomic E-state index is 0.201. The lowest BCUT2D eigenvalue weighted by atomic mass is 10.2. The van der Waals surface area contributed by atoms with E-state index in [1.807, 2.05) is 0 Å². The van der Waals surface area contributed by atoms with E-state index in [2.05, 4.69) is 10.3 Å². The summed E-state index contributed by atoms with van der Waals surface area (Å²) in [6, 6.07) is 0. The van der Waals surface area contributed by atoms with Crippen LogP contribution in [0.4, 0.5) is 13.2 Å². The Balaban J connectivity index is 2.21. The molecule has 0 aromatic carbocycles. The van der Waals surface area contributed by atoms with Gasteiger partial charge in [-0.25, -0.2) is 0 Å². The third kappa shape index (κ3) is 2.67. The van der Waals surface area contributed by atoms with E-state index >= 15 is 0 Å². The largest absolute Gasteiger partial charge is 0.454 e. The van der Waals surface area contributed by atoms with E-state index in [-0.39, 0.29) is 6.54 Å². The van der Waals surface area contributed by atoms with Gasteiger partial charge in [-0.1, -0.05) is 5.16 Å². The number of rotatable bonds is 3. The van der Waals surface area contributed by atoms with E-state index in [1.54, 1.807) is 13.8 Å². The second kappa shape index (κ2) is 4.52. The van der Waals surface area contributed by atoms with E-state index in [0.717, 1.165) is 18.0 Å². The molecule has 8 heteroatoms. The lowest BCUT2D eigenvalue weighted by Gasteiger charge is -2.02. The minimum Gasteiger partial charge on any atom is -0.361 e. The van der Waals surface area contributed by atoms with Gasteiger partial charge < -0.3 is 4.52 Å². The predicted octanol–water partition coefficient (Wildman–Crippen LogP) is 2.28. The molecule has 102 valence electrons. The van der Waals surface area contributed by atoms with Crippen molar-refractivity contribution in [2.24, 2.45) is 0 Å². The molecule has 0 bridgehead atoms. The molecule has 5 nitrogen and oxygen atoms in total. The van der Waals surface area contributed by atoms with Gasteiger partial charge in [-0.05, 0) is 13.8 Å². The minimum atomic E-state index is -4.89. The van der Waals surface area contributed by atoms with Gasteiger partial charge >= 0.3 is 6.18 Å². The van der Waals surface area contributed by atoms with Gasteiger partial charge in [0.05, 0.1) is 24.0 Å². The van der Waals surface area contributed by atoms with E-state index in [1.165, 1.54) is 4.68 Å². The fourth-order valence-electron chi connectivity index (χ4n) is 1.62. The molecule has 0 amide bonds. The number of aromatic nitrogens is 3. The molecule has 2 aromatic heterocycles. The Kier molecular flexibility index (Phi) is 3.17. The van der Waals surface area contributed by atoms with E-state index in [0.29, 0.717) is 11.5 Å². The van der Waals surface area contributed by atoms with Crippen LogP contribution in [0.5, 0.6) is 0 Å². The number of aryl methyl sites for hydroxylation is 2. The van der Waals surface area contributed by atoms with Crippen molar-refractivity contribution in [3.8, 4) is 0 Å². The van der Waals surface area contributed by atoms with Crippen molar-refractivity contribution in [3.05, 3.63) is 35.0 Å². The maximum atomic E-state index is 12.2. The summed E-state index contributed by atoms with van der Waals surface area (Å²) in [4.78, 5) is 11.0. The lowest BCUT2D eigenvalue weighted by molar-refractivity contribution is -0.0885. The summed E-state index contributed by atoms with van der Waals surface area (Å²) >= 11 is 0. The topological polar surface area (TPSA) is 60.9 Å². The van der Waals surface area contributed by atoms with Crippen LogP contribution in [0.2, 0.25) is 0 Å². The van der Waals surface area contributed by atoms with Crippen LogP contribution in [-0.2, 0) is 6.54 Å². The number of ketones is 1. The van der Waals surface area contributed by atoms with Crippen LogP contribution in [0.15, 0.2) is 16.9 Å². The zero-order valence-electron chi connectivity index (χ0n) is 10.2. The zero-order valence-corrected chi connectivity index (χ0v) is 10.2. The van der Waals surface area contributed by atoms with Crippen molar-refractivity contribution < 1.29 is 22.5 Å². The van der Waals surface area contributed by atoms with Crippen LogP contribution in [-0.4, -0.2) is 26.9 Å². The Morgan fingerprint density at radius 2 is 2.11 bits per heavy atom. The van der Waals surface area contributed by atoms with Crippen LogP contribution in [0.3, 0.4) is 0 Å². The highest BCUT2D eigenvalue weighted by Crippen LogP contribution is 2.21. The van der Waals surface area contributed by atoms with Gasteiger partial charge in [0.25, 0.3) is 5.78 Å². The highest BCUT2D eigenvalue weighted by atomic mass is 19.4. The Hall–Kier alpha value is -2.12. The van der Waals surface area contributed by atoms with Crippen LogP contribution < -0.4 is 0 Å². The predicted molar refractivity (Wildman–Crippen MR) is 57.7 cm³/mol. The third-order valence-electron chi connectivity index (χ3n) is 2.65. The Morgan fingerprint density at radius 3 is 2.63 bits per heavy atom. The molecule has 0 spiro atoms. The van der Waals surface area contributed by atoms with Crippen LogP contribution in [0, 0.1) is 13.8 Å². The number of hydrogen-bond donors (Lipinski definition) is 0. The Morgan fingerprint density at radius 1 is 1.42 bits per heavy atom. The van der Waals surface area contributed by atoms with Gasteiger partial charge in [-0.2, -0.15) is 18.3 Å². The van der Waals surface area contributed by atoms with Crippen LogP contribution in [0.25, 0.3) is 0 Å². The lowest BCUT2D eigenvalue weighted by Crippen LogP contribution is -2.22. The summed E-state index contributed by atoms with van der Waals surface area (Å²) in [7, 11) is 0. The monoisotopic (exact) mass is 273 g/mol. The Bertz CT molecular complexity index is 593. The standard InChI is InChI=1S/C11H10F3N3O2/c1-6-9(7(2)19-16-6)5-17-4-8(3-15-17)10(18)11(12,13)14/h3-4H,5H2,1-2H3. The van der Waals surface area contributed by atoms with Crippen molar-refractivity contribution >= 4 is 5.78 Å². The van der Waals surface area contributed by atoms with Crippen molar-refractivity contribution in [2.75, 3.05) is 0 Å². The molecule has 19 heavy (non-hydrogen) atoms. The second-order valence-electron chi connectivity index (χ2n) is 4.06. The molecule has 0 aliphatic rings. The molecule has 0 saturated heterocycles. The molecule has 0 fully saturated rings. The summed E-state index contributed by atoms with van der Waals surface area (Å²) < 4.78 is 42.9. The van der Waals surface area contributed by atoms with Crippen LogP contribution >= 0.6 is 0 Å². The first-order valence-corrected chi connectivity index (χ1v) is 5.34. The number of Topliss-reactive ketones (excluding diaryl/α,β-unsaturated/α-hetero) is 1. The van der Waals surface area contributed by atoms with E-state index in [9.17, 15) is 18.0 Å². The fourth-order valence-corrected chi connectivity index (χ4v) is 1.62. The van der Waals surface area contributed by atoms with Gasteiger partial charge in [0.15, 0.2) is 0 Å². The maximum Gasteiger partial charge on any atom is 0.454 e. The number of halogens is 3. The quantitative estimate of drug-likeness (QED) is 0.805. The van der Waals surface area contributed by atoms with Gasteiger partial charge in [0.1, 0.15) is 5.76 Å². The first kappa shape index (κ1) is 13.3. The summed E-state index contributed by atoms with van der Waals surface area (Å²) in [6.45, 7) is 3.62. The highest BCUT2D eigenvalue weighted by molar-refractivity contribution is 5.99. The van der Waals surface area contributed by atoms with Gasteiger partial charge in [0.2, 0.25) is 0 Å². The zero-order chi connectivity index (χ0) is 14.2. The molecule has 2 aromatic rings. The van der Waals surface area contributed by atoms with Gasteiger partial charge in [0, 0.05) is 11.8 Å². The summed E-state index contributed by atoms with van der Waals surface area (Å²) in [5.74, 6) is -1.34. The second-order valence-corrected chi connectivity index (χ2v) is 4.06. The molecule has 0 unspecified atom stereocenters. The number of hydrogen-bond acceptors (Lipinski definition) is 4. The van der Waals surface area contributed by atoms with Gasteiger partial charge in [-0.15, -0.1) is 0 Å². The summed E-state index contributed by atoms with van der Waals surface area (Å²) in [5.41, 5.74) is 0.880. The first-order chi connectivity index (χ1) is 8.79. The normalized spacial score (nSPS) is 11.8. The molecule has 2 heterocycles. The summed E-state index contributed by atoms with van der Waals surface area (Å²) in [5, 5.41) is 7.46. The number of alkyl halides is 3. The molecule has 0 aliphatic heterocycles. The summed E-state index contributed by atoms with van der Waals surface area (Å²) in [6.07, 6.45) is -2.94. The van der Waals surface area contributed by atoms with Crippen molar-refractivity contribution in [2.45, 2.75) is 26.6 Å². The molecule has 0 N–H and O–H groups in total. The van der Waals surface area contributed by atoms with Gasteiger partial charge in [-0.3, -0.25) is 9.48 Å². The number of nitrogens with zero attached hydrogens (tertiary/aromatic N) is 3. The molecule has 0 saturated carbocycles.